The molecule has 15 nitrogen and oxygen atoms in total. The van der Waals surface area contributed by atoms with Crippen LogP contribution in [-0.2, 0) is 25.4 Å². The number of carbonyl (C=O) groups is 3. The van der Waals surface area contributed by atoms with E-state index in [4.69, 9.17) is 11.1 Å². The van der Waals surface area contributed by atoms with Crippen molar-refractivity contribution < 1.29 is 27.9 Å². The van der Waals surface area contributed by atoms with Gasteiger partial charge in [0, 0.05) is 25.4 Å². The molecule has 1 aromatic heterocycles. The minimum atomic E-state index is -4.00. The summed E-state index contributed by atoms with van der Waals surface area (Å²) in [5, 5.41) is 25.5. The third-order valence-corrected chi connectivity index (χ3v) is 7.63. The molecule has 222 valence electrons. The van der Waals surface area contributed by atoms with Crippen molar-refractivity contribution in [3.63, 3.8) is 0 Å². The summed E-state index contributed by atoms with van der Waals surface area (Å²) in [5.41, 5.74) is 5.74. The maximum atomic E-state index is 13.0. The van der Waals surface area contributed by atoms with Gasteiger partial charge < -0.3 is 36.7 Å². The summed E-state index contributed by atoms with van der Waals surface area (Å²) in [6, 6.07) is 8.78. The van der Waals surface area contributed by atoms with Gasteiger partial charge in [-0.25, -0.2) is 13.1 Å². The van der Waals surface area contributed by atoms with Crippen LogP contribution in [0.15, 0.2) is 53.5 Å². The van der Waals surface area contributed by atoms with Gasteiger partial charge in [-0.05, 0) is 30.9 Å². The molecule has 3 atom stereocenters. The summed E-state index contributed by atoms with van der Waals surface area (Å²) in [5.74, 6) is -2.70. The zero-order chi connectivity index (χ0) is 30.0. The monoisotopic (exact) mass is 590 g/mol. The van der Waals surface area contributed by atoms with E-state index in [1.54, 1.807) is 30.3 Å². The van der Waals surface area contributed by atoms with Gasteiger partial charge in [0.15, 0.2) is 5.96 Å². The molecule has 1 unspecified atom stereocenters. The average Bonchev–Trinajstić information content (AvgIpc) is 2.92. The van der Waals surface area contributed by atoms with Crippen LogP contribution in [0.25, 0.3) is 0 Å². The molecule has 0 bridgehead atoms. The van der Waals surface area contributed by atoms with Gasteiger partial charge in [0.25, 0.3) is 5.91 Å². The maximum Gasteiger partial charge on any atom is 0.252 e. The van der Waals surface area contributed by atoms with Crippen molar-refractivity contribution in [2.75, 3.05) is 19.6 Å². The van der Waals surface area contributed by atoms with E-state index < -0.39 is 58.4 Å². The van der Waals surface area contributed by atoms with E-state index in [-0.39, 0.29) is 30.0 Å². The Morgan fingerprint density at radius 2 is 1.88 bits per heavy atom. The Morgan fingerprint density at radius 1 is 1.15 bits per heavy atom. The van der Waals surface area contributed by atoms with Gasteiger partial charge in [0.2, 0.25) is 27.4 Å². The number of sulfonamides is 1. The fourth-order valence-corrected chi connectivity index (χ4v) is 5.59. The van der Waals surface area contributed by atoms with E-state index in [0.717, 1.165) is 0 Å². The van der Waals surface area contributed by atoms with Crippen molar-refractivity contribution in [3.8, 4) is 0 Å². The first-order chi connectivity index (χ1) is 19.4. The third-order valence-electron chi connectivity index (χ3n) is 6.28. The van der Waals surface area contributed by atoms with E-state index in [1.807, 2.05) is 0 Å². The zero-order valence-electron chi connectivity index (χ0n) is 22.1. The fraction of sp³-hybridized carbons (Fsp3) is 0.400. The summed E-state index contributed by atoms with van der Waals surface area (Å²) in [6.07, 6.45) is 0.878. The minimum Gasteiger partial charge on any atom is -0.371 e. The Balaban J connectivity index is 1.61. The molecule has 1 fully saturated rings. The number of nitrogens with one attached hydrogen (secondary N) is 6. The number of rotatable bonds is 12. The number of aliphatic hydroxyl groups is 1. The standard InChI is InChI=1S/C25H34N8O7S/c26-25(27)33-12-4-7-19(24(33)38)31-21(35)14-30-23(37)18(32-41(39,40)15-16-5-2-1-3-6-16)10-11-28-22(36)17-8-9-20(34)29-13-17/h1-3,5-6,8-9,13,18-19,24,32,38H,4,7,10-12,14-15H2,(H3,26,27)(H,28,36)(H,29,34)(H,30,37)(H,31,35)/t18-,19+,24?/m1/s1. The predicted molar refractivity (Wildman–Crippen MR) is 149 cm³/mol. The summed E-state index contributed by atoms with van der Waals surface area (Å²) in [6.45, 7) is -0.253. The molecule has 1 aromatic carbocycles. The third kappa shape index (κ3) is 9.70. The molecule has 41 heavy (non-hydrogen) atoms. The summed E-state index contributed by atoms with van der Waals surface area (Å²) < 4.78 is 28.0. The van der Waals surface area contributed by atoms with Crippen LogP contribution in [0.1, 0.15) is 35.2 Å². The van der Waals surface area contributed by atoms with E-state index in [9.17, 15) is 32.7 Å². The summed E-state index contributed by atoms with van der Waals surface area (Å²) in [4.78, 5) is 52.7. The second-order valence-corrected chi connectivity index (χ2v) is 11.2. The number of aliphatic hydroxyl groups excluding tert-OH is 1. The predicted octanol–water partition coefficient (Wildman–Crippen LogP) is -2.11. The Kier molecular flexibility index (Phi) is 11.0. The highest BCUT2D eigenvalue weighted by molar-refractivity contribution is 7.88. The van der Waals surface area contributed by atoms with Crippen molar-refractivity contribution in [1.82, 2.24) is 30.6 Å². The van der Waals surface area contributed by atoms with Crippen molar-refractivity contribution in [2.45, 2.75) is 43.3 Å². The Labute approximate surface area is 236 Å². The molecular formula is C25H34N8O7S. The van der Waals surface area contributed by atoms with Gasteiger partial charge in [0.05, 0.1) is 23.9 Å². The number of piperidine rings is 1. The number of aromatic amines is 1. The van der Waals surface area contributed by atoms with Crippen LogP contribution in [0.3, 0.4) is 0 Å². The number of nitrogens with zero attached hydrogens (tertiary/aromatic N) is 1. The molecule has 16 heteroatoms. The molecule has 3 amide bonds. The van der Waals surface area contributed by atoms with Crippen molar-refractivity contribution >= 4 is 33.7 Å². The number of nitrogens with two attached hydrogens (primary N) is 1. The van der Waals surface area contributed by atoms with Crippen LogP contribution < -0.4 is 32.0 Å². The molecule has 2 aromatic rings. The molecule has 0 radical (unpaired) electrons. The lowest BCUT2D eigenvalue weighted by Gasteiger charge is -2.38. The number of likely N-dealkylation sites (tertiary alicyclic amines) is 1. The lowest BCUT2D eigenvalue weighted by molar-refractivity contribution is -0.128. The second kappa shape index (κ2) is 14.4. The SMILES string of the molecule is N=C(N)N1CCC[C@H](NC(=O)CNC(=O)[C@@H](CCNC(=O)c2ccc(=O)[nH]c2)NS(=O)(=O)Cc2ccccc2)C1O. The first kappa shape index (κ1) is 31.3. The molecule has 0 saturated carbocycles. The first-order valence-corrected chi connectivity index (χ1v) is 14.5. The topological polar surface area (TPSA) is 240 Å². The fourth-order valence-electron chi connectivity index (χ4n) is 4.22. The van der Waals surface area contributed by atoms with Gasteiger partial charge in [-0.1, -0.05) is 30.3 Å². The average molecular weight is 591 g/mol. The number of hydrogen-bond donors (Lipinski definition) is 8. The smallest absolute Gasteiger partial charge is 0.252 e. The van der Waals surface area contributed by atoms with Crippen LogP contribution in [0.4, 0.5) is 0 Å². The van der Waals surface area contributed by atoms with E-state index in [2.05, 4.69) is 25.7 Å². The molecule has 1 aliphatic heterocycles. The highest BCUT2D eigenvalue weighted by atomic mass is 32.2. The van der Waals surface area contributed by atoms with Gasteiger partial charge in [-0.3, -0.25) is 24.6 Å². The van der Waals surface area contributed by atoms with Crippen LogP contribution >= 0.6 is 0 Å². The Bertz CT molecular complexity index is 1380. The van der Waals surface area contributed by atoms with E-state index in [1.165, 1.54) is 23.2 Å². The lowest BCUT2D eigenvalue weighted by Crippen LogP contribution is -2.59. The Morgan fingerprint density at radius 3 is 2.54 bits per heavy atom. The number of amides is 3. The number of benzene rings is 1. The molecule has 1 saturated heterocycles. The highest BCUT2D eigenvalue weighted by Gasteiger charge is 2.32. The van der Waals surface area contributed by atoms with E-state index >= 15 is 0 Å². The van der Waals surface area contributed by atoms with Gasteiger partial charge in [0.1, 0.15) is 12.3 Å². The van der Waals surface area contributed by atoms with Crippen molar-refractivity contribution in [2.24, 2.45) is 5.73 Å². The molecule has 1 aliphatic rings. The minimum absolute atomic E-state index is 0.106. The molecule has 0 spiro atoms. The normalized spacial score (nSPS) is 17.7. The van der Waals surface area contributed by atoms with Crippen molar-refractivity contribution in [3.05, 3.63) is 70.1 Å². The lowest BCUT2D eigenvalue weighted by atomic mass is 10.0. The number of hydrogen-bond acceptors (Lipinski definition) is 8. The largest absolute Gasteiger partial charge is 0.371 e. The van der Waals surface area contributed by atoms with Crippen LogP contribution in [0, 0.1) is 5.41 Å². The van der Waals surface area contributed by atoms with Crippen LogP contribution in [0.5, 0.6) is 0 Å². The first-order valence-electron chi connectivity index (χ1n) is 12.8. The van der Waals surface area contributed by atoms with Gasteiger partial charge in [-0.15, -0.1) is 0 Å². The quantitative estimate of drug-likeness (QED) is 0.0995. The number of aromatic nitrogens is 1. The van der Waals surface area contributed by atoms with Crippen molar-refractivity contribution in [1.29, 1.82) is 5.41 Å². The second-order valence-electron chi connectivity index (χ2n) is 9.43. The number of carbonyl (C=O) groups excluding carboxylic acids is 3. The number of pyridine rings is 1. The van der Waals surface area contributed by atoms with E-state index in [0.29, 0.717) is 24.9 Å². The highest BCUT2D eigenvalue weighted by Crippen LogP contribution is 2.15. The molecule has 0 aliphatic carbocycles. The molecule has 3 rings (SSSR count). The summed E-state index contributed by atoms with van der Waals surface area (Å²) >= 11 is 0. The van der Waals surface area contributed by atoms with Gasteiger partial charge >= 0.3 is 0 Å². The molecular weight excluding hydrogens is 556 g/mol. The van der Waals surface area contributed by atoms with Gasteiger partial charge in [-0.2, -0.15) is 0 Å². The van der Waals surface area contributed by atoms with Crippen LogP contribution in [0.2, 0.25) is 0 Å². The molecule has 9 N–H and O–H groups in total. The number of H-pyrrole nitrogens is 1. The number of guanidine groups is 1. The van der Waals surface area contributed by atoms with Crippen LogP contribution in [-0.4, -0.2) is 85.0 Å². The summed E-state index contributed by atoms with van der Waals surface area (Å²) in [7, 11) is -4.00. The molecule has 2 heterocycles. The zero-order valence-corrected chi connectivity index (χ0v) is 22.9. The Hall–Kier alpha value is -4.28. The maximum absolute atomic E-state index is 13.0.